The van der Waals surface area contributed by atoms with Gasteiger partial charge in [0.25, 0.3) is 29.5 Å². The maximum Gasteiger partial charge on any atom is 0.291 e. The van der Waals surface area contributed by atoms with Crippen LogP contribution < -0.4 is 48.3 Å². The van der Waals surface area contributed by atoms with Gasteiger partial charge in [-0.05, 0) is 51.7 Å². The number of hydrogen-bond acceptors (Lipinski definition) is 13. The first kappa shape index (κ1) is 51.8. The molecule has 0 radical (unpaired) electrons. The fourth-order valence-electron chi connectivity index (χ4n) is 6.87. The maximum atomic E-state index is 13.3. The van der Waals surface area contributed by atoms with Crippen molar-refractivity contribution in [1.82, 2.24) is 64.0 Å². The molecule has 0 bridgehead atoms. The number of imidazole rings is 3. The minimum absolute atomic E-state index is 0.0225. The summed E-state index contributed by atoms with van der Waals surface area (Å²) in [5.74, 6) is -3.54. The van der Waals surface area contributed by atoms with E-state index in [-0.39, 0.29) is 91.0 Å². The largest absolute Gasteiger partial charge is 0.356 e. The molecule has 8 amide bonds. The van der Waals surface area contributed by atoms with Crippen LogP contribution in [-0.2, 0) is 49.6 Å². The molecule has 0 aromatic carbocycles. The molecule has 0 atom stereocenters. The third kappa shape index (κ3) is 14.9. The van der Waals surface area contributed by atoms with E-state index in [2.05, 4.69) is 62.4 Å². The third-order valence-corrected chi connectivity index (χ3v) is 10.4. The fraction of sp³-hybridized carbons (Fsp3) is 0.419. The summed E-state index contributed by atoms with van der Waals surface area (Å²) in [6.07, 6.45) is 10.7. The average Bonchev–Trinajstić information content (AvgIpc) is 4.13. The van der Waals surface area contributed by atoms with Crippen LogP contribution in [-0.4, -0.2) is 143 Å². The summed E-state index contributed by atoms with van der Waals surface area (Å²) in [6.45, 7) is 2.86. The van der Waals surface area contributed by atoms with Gasteiger partial charge in [0.2, 0.25) is 29.4 Å². The van der Waals surface area contributed by atoms with E-state index in [0.717, 1.165) is 25.9 Å². The average molecular weight is 957 g/mol. The molecule has 0 unspecified atom stereocenters. The molecule has 26 nitrogen and oxygen atoms in total. The van der Waals surface area contributed by atoms with Gasteiger partial charge in [0.1, 0.15) is 11.4 Å². The van der Waals surface area contributed by atoms with Gasteiger partial charge in [-0.25, -0.2) is 15.0 Å². The quantitative estimate of drug-likeness (QED) is 0.0334. The lowest BCUT2D eigenvalue weighted by Crippen LogP contribution is -2.33. The highest BCUT2D eigenvalue weighted by molar-refractivity contribution is 6.08. The van der Waals surface area contributed by atoms with Gasteiger partial charge in [-0.2, -0.15) is 0 Å². The molecule has 69 heavy (non-hydrogen) atoms. The summed E-state index contributed by atoms with van der Waals surface area (Å²) in [7, 11) is 10.1. The van der Waals surface area contributed by atoms with Gasteiger partial charge >= 0.3 is 0 Å². The lowest BCUT2D eigenvalue weighted by molar-refractivity contribution is -0.121. The van der Waals surface area contributed by atoms with E-state index in [9.17, 15) is 38.4 Å². The van der Waals surface area contributed by atoms with Gasteiger partial charge in [-0.1, -0.05) is 0 Å². The molecule has 0 aliphatic heterocycles. The van der Waals surface area contributed by atoms with Crippen molar-refractivity contribution >= 4 is 70.3 Å². The Morgan fingerprint density at radius 3 is 1.74 bits per heavy atom. The molecule has 0 fully saturated rings. The van der Waals surface area contributed by atoms with Gasteiger partial charge < -0.3 is 76.0 Å². The van der Waals surface area contributed by atoms with E-state index in [1.54, 1.807) is 58.4 Å². The Balaban J connectivity index is 1.01. The van der Waals surface area contributed by atoms with E-state index in [1.165, 1.54) is 49.0 Å². The summed E-state index contributed by atoms with van der Waals surface area (Å²) in [5, 5.41) is 21.4. The Morgan fingerprint density at radius 1 is 0.565 bits per heavy atom. The molecule has 5 heterocycles. The van der Waals surface area contributed by atoms with Crippen molar-refractivity contribution in [2.45, 2.75) is 32.1 Å². The molecule has 10 N–H and O–H groups in total. The first-order valence-corrected chi connectivity index (χ1v) is 22.0. The molecule has 5 rings (SSSR count). The van der Waals surface area contributed by atoms with Crippen LogP contribution in [0.1, 0.15) is 84.9 Å². The first-order valence-electron chi connectivity index (χ1n) is 22.0. The molecule has 0 spiro atoms. The van der Waals surface area contributed by atoms with Gasteiger partial charge in [-0.15, -0.1) is 0 Å². The van der Waals surface area contributed by atoms with Crippen LogP contribution in [0.15, 0.2) is 49.3 Å². The van der Waals surface area contributed by atoms with Crippen LogP contribution in [0, 0.1) is 0 Å². The summed E-state index contributed by atoms with van der Waals surface area (Å²) in [5.41, 5.74) is 6.42. The minimum Gasteiger partial charge on any atom is -0.356 e. The maximum absolute atomic E-state index is 13.3. The summed E-state index contributed by atoms with van der Waals surface area (Å²) >= 11 is 0. The van der Waals surface area contributed by atoms with Crippen molar-refractivity contribution < 1.29 is 38.4 Å². The van der Waals surface area contributed by atoms with E-state index in [1.807, 2.05) is 7.05 Å². The zero-order valence-electron chi connectivity index (χ0n) is 39.5. The predicted octanol–water partition coefficient (Wildman–Crippen LogP) is -0.507. The summed E-state index contributed by atoms with van der Waals surface area (Å²) < 4.78 is 7.41. The second kappa shape index (κ2) is 24.6. The number of amides is 8. The van der Waals surface area contributed by atoms with Crippen LogP contribution in [0.2, 0.25) is 0 Å². The molecular weight excluding hydrogens is 897 g/mol. The van der Waals surface area contributed by atoms with Crippen molar-refractivity contribution in [3.05, 3.63) is 78.2 Å². The standard InChI is InChI=1S/C43H60N18O8/c1-56(19-7-13-44)20-8-14-45-32(62)9-15-49-41(67)37-54-30(25-60(37)5)52-34(64)11-17-48-40(66)35-28(12-21-57(35)2)51-43(69)38-55-31(26-61(38)6)53-33(63)10-16-47-39(65)29-23-27(24-59(29)4)50-42(68)36-46-18-22-58(36)3/h12,18,21-26H,7-11,13-17,19-20,44H2,1-6H3,(H,45,62)(H,47,65)(H,48,66)(H,49,67)(H,50,68)(H,51,69)(H,52,64)(H,53,63). The van der Waals surface area contributed by atoms with Crippen LogP contribution in [0.4, 0.5) is 23.0 Å². The number of aryl methyl sites for hydroxylation is 5. The molecule has 0 aliphatic carbocycles. The number of nitrogens with one attached hydrogen (secondary N) is 8. The van der Waals surface area contributed by atoms with Gasteiger partial charge in [-0.3, -0.25) is 38.4 Å². The first-order chi connectivity index (χ1) is 32.9. The number of carbonyl (C=O) groups is 8. The molecule has 370 valence electrons. The lowest BCUT2D eigenvalue weighted by atomic mass is 10.3. The van der Waals surface area contributed by atoms with E-state index in [4.69, 9.17) is 5.73 Å². The van der Waals surface area contributed by atoms with Crippen LogP contribution in [0.5, 0.6) is 0 Å². The number of carbonyl (C=O) groups excluding carboxylic acids is 8. The predicted molar refractivity (Wildman–Crippen MR) is 253 cm³/mol. The molecule has 5 aromatic rings. The molecular formula is C43H60N18O8. The number of nitrogens with zero attached hydrogens (tertiary/aromatic N) is 9. The Hall–Kier alpha value is -8.13. The minimum atomic E-state index is -0.680. The number of nitrogens with two attached hydrogens (primary N) is 1. The van der Waals surface area contributed by atoms with E-state index >= 15 is 0 Å². The smallest absolute Gasteiger partial charge is 0.291 e. The highest BCUT2D eigenvalue weighted by Crippen LogP contribution is 2.19. The van der Waals surface area contributed by atoms with E-state index < -0.39 is 41.4 Å². The highest BCUT2D eigenvalue weighted by atomic mass is 16.2. The molecule has 0 saturated heterocycles. The number of hydrogen-bond donors (Lipinski definition) is 9. The summed E-state index contributed by atoms with van der Waals surface area (Å²) in [6, 6.07) is 3.02. The SMILES string of the molecule is CN(CCCN)CCCNC(=O)CCNC(=O)c1nc(NC(=O)CCNC(=O)c2c(NC(=O)c3nc(NC(=O)CCNC(=O)c4cc(NC(=O)c5nccn5C)cn4C)cn3C)ccn2C)cn1C. The fourth-order valence-corrected chi connectivity index (χ4v) is 6.87. The Bertz CT molecular complexity index is 2650. The van der Waals surface area contributed by atoms with Gasteiger partial charge in [0, 0.05) is 118 Å². The topological polar surface area (TPSA) is 325 Å². The van der Waals surface area contributed by atoms with Gasteiger partial charge in [0.15, 0.2) is 17.5 Å². The Labute approximate surface area is 397 Å². The monoisotopic (exact) mass is 956 g/mol. The Morgan fingerprint density at radius 2 is 1.13 bits per heavy atom. The Kier molecular flexibility index (Phi) is 18.5. The van der Waals surface area contributed by atoms with Crippen LogP contribution >= 0.6 is 0 Å². The molecule has 5 aromatic heterocycles. The lowest BCUT2D eigenvalue weighted by Gasteiger charge is -2.15. The van der Waals surface area contributed by atoms with Crippen molar-refractivity contribution in [3.8, 4) is 0 Å². The van der Waals surface area contributed by atoms with Crippen molar-refractivity contribution in [3.63, 3.8) is 0 Å². The summed E-state index contributed by atoms with van der Waals surface area (Å²) in [4.78, 5) is 117. The van der Waals surface area contributed by atoms with Crippen molar-refractivity contribution in [1.29, 1.82) is 0 Å². The third-order valence-electron chi connectivity index (χ3n) is 10.4. The molecule has 0 saturated carbocycles. The second-order valence-corrected chi connectivity index (χ2v) is 16.1. The second-order valence-electron chi connectivity index (χ2n) is 16.1. The highest BCUT2D eigenvalue weighted by Gasteiger charge is 2.23. The van der Waals surface area contributed by atoms with E-state index in [0.29, 0.717) is 18.8 Å². The van der Waals surface area contributed by atoms with Crippen molar-refractivity contribution in [2.75, 3.05) is 74.1 Å². The number of rotatable bonds is 25. The van der Waals surface area contributed by atoms with Crippen LogP contribution in [0.25, 0.3) is 0 Å². The zero-order chi connectivity index (χ0) is 50.2. The normalized spacial score (nSPS) is 11.0. The number of aromatic nitrogens is 8. The molecule has 0 aliphatic rings. The molecule has 26 heteroatoms. The van der Waals surface area contributed by atoms with Gasteiger partial charge in [0.05, 0.1) is 11.4 Å². The zero-order valence-corrected chi connectivity index (χ0v) is 39.5. The van der Waals surface area contributed by atoms with Crippen molar-refractivity contribution in [2.24, 2.45) is 41.0 Å². The van der Waals surface area contributed by atoms with Crippen LogP contribution in [0.3, 0.4) is 0 Å². The number of anilines is 4.